The van der Waals surface area contributed by atoms with Crippen molar-refractivity contribution in [2.45, 2.75) is 38.3 Å². The number of alkyl halides is 5. The number of hydrogen-bond acceptors (Lipinski definition) is 3. The molecule has 2 heterocycles. The molecule has 0 aliphatic carbocycles. The Morgan fingerprint density at radius 3 is 2.48 bits per heavy atom. The first-order valence-electron chi connectivity index (χ1n) is 9.15. The summed E-state index contributed by atoms with van der Waals surface area (Å²) in [6, 6.07) is 9.23. The van der Waals surface area contributed by atoms with Crippen molar-refractivity contribution < 1.29 is 26.7 Å². The lowest BCUT2D eigenvalue weighted by atomic mass is 10.1. The smallest absolute Gasteiger partial charge is 0.356 e. The summed E-state index contributed by atoms with van der Waals surface area (Å²) in [5, 5.41) is 2.63. The lowest BCUT2D eigenvalue weighted by Gasteiger charge is -2.26. The minimum absolute atomic E-state index is 0.0490. The number of nitrogens with one attached hydrogen (secondary N) is 1. The van der Waals surface area contributed by atoms with Gasteiger partial charge in [-0.3, -0.25) is 4.79 Å². The van der Waals surface area contributed by atoms with E-state index in [2.05, 4.69) is 10.3 Å². The number of hydrogen-bond donors (Lipinski definition) is 1. The van der Waals surface area contributed by atoms with Crippen LogP contribution in [0.4, 0.5) is 33.5 Å². The van der Waals surface area contributed by atoms with E-state index >= 15 is 0 Å². The van der Waals surface area contributed by atoms with Gasteiger partial charge in [-0.15, -0.1) is 0 Å². The average molecular weight is 413 g/mol. The molecule has 9 heteroatoms. The van der Waals surface area contributed by atoms with Gasteiger partial charge in [-0.2, -0.15) is 13.2 Å². The first-order valence-corrected chi connectivity index (χ1v) is 9.15. The lowest BCUT2D eigenvalue weighted by Crippen LogP contribution is -2.31. The van der Waals surface area contributed by atoms with Crippen LogP contribution in [0.5, 0.6) is 0 Å². The predicted octanol–water partition coefficient (Wildman–Crippen LogP) is 5.29. The third kappa shape index (κ3) is 5.02. The first kappa shape index (κ1) is 21.0. The zero-order valence-corrected chi connectivity index (χ0v) is 15.7. The highest BCUT2D eigenvalue weighted by atomic mass is 19.4. The highest BCUT2D eigenvalue weighted by Crippen LogP contribution is 2.35. The van der Waals surface area contributed by atoms with Crippen LogP contribution in [0.25, 0.3) is 0 Å². The van der Waals surface area contributed by atoms with Crippen molar-refractivity contribution in [2.75, 3.05) is 23.3 Å². The standard InChI is InChI=1S/C20H20F5N3O/c1-13-12-15(20(23,24)25)27-17(28-10-5-8-19(21,22)9-11-28)16(13)18(29)26-14-6-3-2-4-7-14/h2-4,6-7,12H,5,8-11H2,1H3,(H,26,29). The van der Waals surface area contributed by atoms with Crippen LogP contribution < -0.4 is 10.2 Å². The van der Waals surface area contributed by atoms with Gasteiger partial charge in [0.2, 0.25) is 5.92 Å². The van der Waals surface area contributed by atoms with E-state index in [-0.39, 0.29) is 42.9 Å². The van der Waals surface area contributed by atoms with Gasteiger partial charge in [-0.05, 0) is 37.1 Å². The number of rotatable bonds is 3. The number of carbonyl (C=O) groups excluding carboxylic acids is 1. The summed E-state index contributed by atoms with van der Waals surface area (Å²) in [6.45, 7) is 1.29. The molecule has 0 saturated carbocycles. The summed E-state index contributed by atoms with van der Waals surface area (Å²) in [4.78, 5) is 17.9. The van der Waals surface area contributed by atoms with Gasteiger partial charge in [0.1, 0.15) is 11.5 Å². The first-order chi connectivity index (χ1) is 13.6. The summed E-state index contributed by atoms with van der Waals surface area (Å²) < 4.78 is 67.4. The summed E-state index contributed by atoms with van der Waals surface area (Å²) in [5.41, 5.74) is -0.666. The fraction of sp³-hybridized carbons (Fsp3) is 0.400. The van der Waals surface area contributed by atoms with Gasteiger partial charge in [0, 0.05) is 31.6 Å². The van der Waals surface area contributed by atoms with Gasteiger partial charge < -0.3 is 10.2 Å². The number of halogens is 5. The summed E-state index contributed by atoms with van der Waals surface area (Å²) in [5.74, 6) is -3.75. The van der Waals surface area contributed by atoms with E-state index < -0.39 is 30.1 Å². The average Bonchev–Trinajstić information content (AvgIpc) is 2.81. The van der Waals surface area contributed by atoms with E-state index in [1.807, 2.05) is 0 Å². The van der Waals surface area contributed by atoms with Gasteiger partial charge in [0.15, 0.2) is 0 Å². The van der Waals surface area contributed by atoms with Gasteiger partial charge in [0.25, 0.3) is 5.91 Å². The minimum Gasteiger partial charge on any atom is -0.356 e. The van der Waals surface area contributed by atoms with Gasteiger partial charge in [-0.1, -0.05) is 18.2 Å². The van der Waals surface area contributed by atoms with Crippen molar-refractivity contribution in [1.29, 1.82) is 0 Å². The van der Waals surface area contributed by atoms with Crippen molar-refractivity contribution in [3.05, 3.63) is 53.2 Å². The molecule has 1 N–H and O–H groups in total. The molecule has 1 aromatic carbocycles. The topological polar surface area (TPSA) is 45.2 Å². The number of para-hydroxylation sites is 1. The molecule has 3 rings (SSSR count). The third-order valence-corrected chi connectivity index (χ3v) is 4.76. The van der Waals surface area contributed by atoms with Crippen molar-refractivity contribution in [1.82, 2.24) is 4.98 Å². The normalized spacial score (nSPS) is 17.0. The monoisotopic (exact) mass is 413 g/mol. The Balaban J connectivity index is 2.03. The molecule has 1 aliphatic heterocycles. The maximum Gasteiger partial charge on any atom is 0.433 e. The molecule has 0 radical (unpaired) electrons. The Morgan fingerprint density at radius 2 is 1.83 bits per heavy atom. The van der Waals surface area contributed by atoms with E-state index in [1.54, 1.807) is 30.3 Å². The number of carbonyl (C=O) groups is 1. The Morgan fingerprint density at radius 1 is 1.14 bits per heavy atom. The molecular weight excluding hydrogens is 393 g/mol. The summed E-state index contributed by atoms with van der Waals surface area (Å²) in [6.07, 6.45) is -5.50. The molecular formula is C20H20F5N3O. The van der Waals surface area contributed by atoms with Crippen LogP contribution in [0.15, 0.2) is 36.4 Å². The van der Waals surface area contributed by atoms with E-state index in [0.717, 1.165) is 6.07 Å². The molecule has 0 spiro atoms. The van der Waals surface area contributed by atoms with Crippen LogP contribution in [0.1, 0.15) is 40.9 Å². The molecule has 156 valence electrons. The Hall–Kier alpha value is -2.71. The van der Waals surface area contributed by atoms with Gasteiger partial charge in [0.05, 0.1) is 5.56 Å². The highest BCUT2D eigenvalue weighted by Gasteiger charge is 2.37. The van der Waals surface area contributed by atoms with Crippen LogP contribution in [0, 0.1) is 6.92 Å². The lowest BCUT2D eigenvalue weighted by molar-refractivity contribution is -0.141. The maximum absolute atomic E-state index is 13.7. The number of aryl methyl sites for hydroxylation is 1. The van der Waals surface area contributed by atoms with E-state index in [4.69, 9.17) is 0 Å². The molecule has 4 nitrogen and oxygen atoms in total. The number of nitrogens with zero attached hydrogens (tertiary/aromatic N) is 2. The Bertz CT molecular complexity index is 884. The highest BCUT2D eigenvalue weighted by molar-refractivity contribution is 6.08. The van der Waals surface area contributed by atoms with E-state index in [1.165, 1.54) is 11.8 Å². The molecule has 29 heavy (non-hydrogen) atoms. The second-order valence-corrected chi connectivity index (χ2v) is 7.04. The predicted molar refractivity (Wildman–Crippen MR) is 99.4 cm³/mol. The number of amides is 1. The molecule has 1 aromatic heterocycles. The van der Waals surface area contributed by atoms with Crippen molar-refractivity contribution >= 4 is 17.4 Å². The summed E-state index contributed by atoms with van der Waals surface area (Å²) in [7, 11) is 0. The number of benzene rings is 1. The quantitative estimate of drug-likeness (QED) is 0.696. The fourth-order valence-corrected chi connectivity index (χ4v) is 3.30. The van der Waals surface area contributed by atoms with Crippen LogP contribution >= 0.6 is 0 Å². The largest absolute Gasteiger partial charge is 0.433 e. The zero-order chi connectivity index (χ0) is 21.2. The number of aromatic nitrogens is 1. The molecule has 1 saturated heterocycles. The molecule has 0 bridgehead atoms. The van der Waals surface area contributed by atoms with Crippen molar-refractivity contribution in [3.63, 3.8) is 0 Å². The van der Waals surface area contributed by atoms with E-state index in [9.17, 15) is 26.7 Å². The molecule has 0 unspecified atom stereocenters. The fourth-order valence-electron chi connectivity index (χ4n) is 3.30. The number of anilines is 2. The second-order valence-electron chi connectivity index (χ2n) is 7.04. The Labute approximate surface area is 164 Å². The van der Waals surface area contributed by atoms with E-state index in [0.29, 0.717) is 5.69 Å². The van der Waals surface area contributed by atoms with Gasteiger partial charge >= 0.3 is 6.18 Å². The minimum atomic E-state index is -4.72. The SMILES string of the molecule is Cc1cc(C(F)(F)F)nc(N2CCCC(F)(F)CC2)c1C(=O)Nc1ccccc1. The van der Waals surface area contributed by atoms with Crippen LogP contribution in [0.3, 0.4) is 0 Å². The molecule has 1 amide bonds. The Kier molecular flexibility index (Phi) is 5.77. The third-order valence-electron chi connectivity index (χ3n) is 4.76. The molecule has 2 aromatic rings. The second kappa shape index (κ2) is 7.96. The van der Waals surface area contributed by atoms with Crippen molar-refractivity contribution in [3.8, 4) is 0 Å². The van der Waals surface area contributed by atoms with Crippen molar-refractivity contribution in [2.24, 2.45) is 0 Å². The molecule has 1 fully saturated rings. The van der Waals surface area contributed by atoms with Crippen LogP contribution in [-0.4, -0.2) is 29.9 Å². The zero-order valence-electron chi connectivity index (χ0n) is 15.7. The van der Waals surface area contributed by atoms with Crippen LogP contribution in [-0.2, 0) is 6.18 Å². The maximum atomic E-state index is 13.7. The summed E-state index contributed by atoms with van der Waals surface area (Å²) >= 11 is 0. The number of pyridine rings is 1. The van der Waals surface area contributed by atoms with Gasteiger partial charge in [-0.25, -0.2) is 13.8 Å². The molecule has 1 aliphatic rings. The molecule has 0 atom stereocenters. The van der Waals surface area contributed by atoms with Crippen LogP contribution in [0.2, 0.25) is 0 Å².